The number of carbonyl (C=O) groups excluding carboxylic acids is 2. The number of nitriles is 1. The van der Waals surface area contributed by atoms with Gasteiger partial charge in [0.15, 0.2) is 6.54 Å². The number of amides is 1. The van der Waals surface area contributed by atoms with Crippen molar-refractivity contribution in [3.05, 3.63) is 34.9 Å². The molecule has 1 amide bonds. The summed E-state index contributed by atoms with van der Waals surface area (Å²) in [6, 6.07) is 9.85. The number of quaternary nitrogens is 1. The monoisotopic (exact) mass is 359 g/mol. The Morgan fingerprint density at radius 1 is 1.32 bits per heavy atom. The van der Waals surface area contributed by atoms with Gasteiger partial charge in [0.25, 0.3) is 5.91 Å². The molecule has 7 heteroatoms. The summed E-state index contributed by atoms with van der Waals surface area (Å²) in [5, 5.41) is 13.0. The van der Waals surface area contributed by atoms with Crippen molar-refractivity contribution in [1.82, 2.24) is 5.32 Å². The maximum absolute atomic E-state index is 12.6. The van der Waals surface area contributed by atoms with Gasteiger partial charge < -0.3 is 15.1 Å². The third-order valence-electron chi connectivity index (χ3n) is 3.84. The molecule has 1 aromatic rings. The van der Waals surface area contributed by atoms with Crippen molar-refractivity contribution >= 4 is 29.1 Å². The number of likely N-dealkylation sites (N-methyl/N-ethyl adjacent to an activating group) is 1. The summed E-state index contributed by atoms with van der Waals surface area (Å²) in [6.45, 7) is 2.94. The molecule has 1 unspecified atom stereocenters. The fraction of sp³-hybridized carbons (Fsp3) is 0.389. The molecule has 2 N–H and O–H groups in total. The smallest absolute Gasteiger partial charge is 0.275 e. The van der Waals surface area contributed by atoms with Crippen LogP contribution in [0.15, 0.2) is 39.8 Å². The van der Waals surface area contributed by atoms with E-state index in [2.05, 4.69) is 11.4 Å². The predicted octanol–water partition coefficient (Wildman–Crippen LogP) is 0.574. The summed E-state index contributed by atoms with van der Waals surface area (Å²) in [7, 11) is 3.64. The number of hydrogen-bond acceptors (Lipinski definition) is 5. The molecular weight excluding hydrogens is 336 g/mol. The lowest BCUT2D eigenvalue weighted by atomic mass is 10.2. The molecule has 0 bridgehead atoms. The van der Waals surface area contributed by atoms with Crippen LogP contribution < -0.4 is 15.1 Å². The van der Waals surface area contributed by atoms with E-state index in [9.17, 15) is 14.9 Å². The Kier molecular flexibility index (Phi) is 6.62. The summed E-state index contributed by atoms with van der Waals surface area (Å²) in [5.41, 5.74) is 1.14. The lowest BCUT2D eigenvalue weighted by Crippen LogP contribution is -3.11. The molecule has 0 aromatic heterocycles. The Morgan fingerprint density at radius 3 is 2.68 bits per heavy atom. The summed E-state index contributed by atoms with van der Waals surface area (Å²) in [4.78, 5) is 28.0. The van der Waals surface area contributed by atoms with Crippen molar-refractivity contribution in [2.75, 3.05) is 38.6 Å². The van der Waals surface area contributed by atoms with Crippen LogP contribution in [-0.4, -0.2) is 45.4 Å². The number of anilines is 1. The fourth-order valence-corrected chi connectivity index (χ4v) is 3.74. The highest BCUT2D eigenvalue weighted by Crippen LogP contribution is 2.45. The van der Waals surface area contributed by atoms with Gasteiger partial charge in [-0.2, -0.15) is 5.26 Å². The molecule has 1 atom stereocenters. The van der Waals surface area contributed by atoms with Crippen molar-refractivity contribution < 1.29 is 14.5 Å². The van der Waals surface area contributed by atoms with Crippen LogP contribution >= 0.6 is 11.8 Å². The lowest BCUT2D eigenvalue weighted by molar-refractivity contribution is -0.862. The number of carbonyl (C=O) groups is 2. The predicted molar refractivity (Wildman–Crippen MR) is 98.3 cm³/mol. The van der Waals surface area contributed by atoms with E-state index in [1.165, 1.54) is 11.8 Å². The third-order valence-corrected chi connectivity index (χ3v) is 5.08. The van der Waals surface area contributed by atoms with Crippen molar-refractivity contribution in [3.8, 4) is 6.07 Å². The van der Waals surface area contributed by atoms with Gasteiger partial charge in [0.1, 0.15) is 23.2 Å². The Labute approximate surface area is 152 Å². The summed E-state index contributed by atoms with van der Waals surface area (Å²) in [5.74, 6) is -0.330. The maximum Gasteiger partial charge on any atom is 0.275 e. The average Bonchev–Trinajstić information content (AvgIpc) is 2.90. The van der Waals surface area contributed by atoms with Crippen LogP contribution in [0.2, 0.25) is 0 Å². The zero-order chi connectivity index (χ0) is 18.4. The first-order valence-corrected chi connectivity index (χ1v) is 9.05. The van der Waals surface area contributed by atoms with Gasteiger partial charge in [0.2, 0.25) is 5.78 Å². The van der Waals surface area contributed by atoms with E-state index in [1.807, 2.05) is 43.1 Å². The molecule has 1 aromatic carbocycles. The summed E-state index contributed by atoms with van der Waals surface area (Å²) >= 11 is 1.43. The zero-order valence-corrected chi connectivity index (χ0v) is 15.6. The first-order chi connectivity index (χ1) is 12.0. The molecule has 0 aliphatic carbocycles. The minimum Gasteiger partial charge on any atom is -0.351 e. The Balaban J connectivity index is 2.07. The van der Waals surface area contributed by atoms with E-state index in [0.29, 0.717) is 11.6 Å². The molecule has 1 heterocycles. The highest BCUT2D eigenvalue weighted by Gasteiger charge is 2.29. The Morgan fingerprint density at radius 2 is 2.04 bits per heavy atom. The maximum atomic E-state index is 12.6. The van der Waals surface area contributed by atoms with E-state index in [0.717, 1.165) is 21.9 Å². The summed E-state index contributed by atoms with van der Waals surface area (Å²) in [6.07, 6.45) is 0.874. The first kappa shape index (κ1) is 19.0. The van der Waals surface area contributed by atoms with Gasteiger partial charge in [-0.05, 0) is 18.6 Å². The molecule has 1 aliphatic rings. The van der Waals surface area contributed by atoms with Crippen LogP contribution in [0.1, 0.15) is 13.3 Å². The highest BCUT2D eigenvalue weighted by atomic mass is 32.2. The number of nitrogens with zero attached hydrogens (tertiary/aromatic N) is 2. The van der Waals surface area contributed by atoms with Crippen LogP contribution in [-0.2, 0) is 9.59 Å². The van der Waals surface area contributed by atoms with Crippen LogP contribution in [0, 0.1) is 11.3 Å². The van der Waals surface area contributed by atoms with Gasteiger partial charge in [-0.3, -0.25) is 9.59 Å². The zero-order valence-electron chi connectivity index (χ0n) is 14.8. The Bertz CT molecular complexity index is 739. The molecule has 6 nitrogen and oxygen atoms in total. The fourth-order valence-electron chi connectivity index (χ4n) is 2.58. The lowest BCUT2D eigenvalue weighted by Gasteiger charge is -2.16. The molecule has 0 saturated heterocycles. The number of fused-ring (bicyclic) bond motifs is 1. The van der Waals surface area contributed by atoms with Crippen LogP contribution in [0.5, 0.6) is 0 Å². The van der Waals surface area contributed by atoms with Crippen LogP contribution in [0.25, 0.3) is 0 Å². The van der Waals surface area contributed by atoms with E-state index < -0.39 is 0 Å². The van der Waals surface area contributed by atoms with Crippen LogP contribution in [0.3, 0.4) is 0 Å². The number of thioether (sulfide) groups is 1. The molecule has 0 spiro atoms. The summed E-state index contributed by atoms with van der Waals surface area (Å²) < 4.78 is 0. The van der Waals surface area contributed by atoms with Gasteiger partial charge in [-0.15, -0.1) is 0 Å². The van der Waals surface area contributed by atoms with Gasteiger partial charge in [0, 0.05) is 18.5 Å². The molecule has 0 saturated carbocycles. The Hall–Kier alpha value is -2.30. The third kappa shape index (κ3) is 4.62. The van der Waals surface area contributed by atoms with Crippen molar-refractivity contribution in [2.24, 2.45) is 0 Å². The number of rotatable bonds is 7. The molecule has 1 aliphatic heterocycles. The van der Waals surface area contributed by atoms with Gasteiger partial charge in [-0.25, -0.2) is 0 Å². The standard InChI is InChI=1S/C18H22N4O2S/c1-4-9-20-17(24)12-21(2)11-15(23)13(10-19)18-22(3)14-7-5-6-8-16(14)25-18/h5-8H,4,9,11-12H2,1-3H3,(H,20,24)/p+1/b18-13-. The molecule has 0 radical (unpaired) electrons. The molecule has 2 rings (SSSR count). The van der Waals surface area contributed by atoms with Gasteiger partial charge >= 0.3 is 0 Å². The first-order valence-electron chi connectivity index (χ1n) is 8.24. The molecule has 132 valence electrons. The second-order valence-electron chi connectivity index (χ2n) is 6.00. The number of ketones is 1. The van der Waals surface area contributed by atoms with Crippen molar-refractivity contribution in [3.63, 3.8) is 0 Å². The van der Waals surface area contributed by atoms with Gasteiger partial charge in [0.05, 0.1) is 12.7 Å². The van der Waals surface area contributed by atoms with Crippen molar-refractivity contribution in [1.29, 1.82) is 5.26 Å². The normalized spacial score (nSPS) is 16.0. The SMILES string of the molecule is CCCNC(=O)C[NH+](C)CC(=O)/C(C#N)=C1\Sc2ccccc2N1C. The van der Waals surface area contributed by atoms with E-state index in [-0.39, 0.29) is 30.4 Å². The van der Waals surface area contributed by atoms with E-state index in [1.54, 1.807) is 7.05 Å². The largest absolute Gasteiger partial charge is 0.351 e. The minimum atomic E-state index is -0.245. The van der Waals surface area contributed by atoms with E-state index >= 15 is 0 Å². The van der Waals surface area contributed by atoms with Crippen molar-refractivity contribution in [2.45, 2.75) is 18.2 Å². The number of hydrogen-bond donors (Lipinski definition) is 2. The molecular formula is C18H23N4O2S+. The second-order valence-corrected chi connectivity index (χ2v) is 7.04. The topological polar surface area (TPSA) is 77.6 Å². The average molecular weight is 359 g/mol. The number of nitrogens with one attached hydrogen (secondary N) is 2. The number of benzene rings is 1. The van der Waals surface area contributed by atoms with E-state index in [4.69, 9.17) is 0 Å². The highest BCUT2D eigenvalue weighted by molar-refractivity contribution is 8.03. The quantitative estimate of drug-likeness (QED) is 0.550. The molecule has 25 heavy (non-hydrogen) atoms. The minimum absolute atomic E-state index is 0.0851. The molecule has 0 fully saturated rings. The van der Waals surface area contributed by atoms with Gasteiger partial charge in [-0.1, -0.05) is 30.8 Å². The number of para-hydroxylation sites is 1. The van der Waals surface area contributed by atoms with Crippen LogP contribution in [0.4, 0.5) is 5.69 Å². The second kappa shape index (κ2) is 8.70. The number of Topliss-reactive ketones (excluding diaryl/α,β-unsaturated/α-hetero) is 1.